The summed E-state index contributed by atoms with van der Waals surface area (Å²) in [5.41, 5.74) is 1.62. The Hall–Kier alpha value is -0.460. The average Bonchev–Trinajstić information content (AvgIpc) is 2.00. The van der Waals surface area contributed by atoms with Crippen LogP contribution in [0.3, 0.4) is 0 Å². The molecule has 0 aliphatic carbocycles. The highest BCUT2D eigenvalue weighted by Crippen LogP contribution is 2.34. The molecule has 0 saturated carbocycles. The van der Waals surface area contributed by atoms with Crippen molar-refractivity contribution >= 4 is 0 Å². The number of allylic oxidation sites excluding steroid dienone is 1. The summed E-state index contributed by atoms with van der Waals surface area (Å²) in [6.07, 6.45) is 5.35. The summed E-state index contributed by atoms with van der Waals surface area (Å²) in [7, 11) is 2.16. The Balaban J connectivity index is 2.67. The molecule has 0 atom stereocenters. The lowest BCUT2D eigenvalue weighted by Crippen LogP contribution is -2.30. The summed E-state index contributed by atoms with van der Waals surface area (Å²) in [6, 6.07) is 0. The molecule has 0 aromatic rings. The molecule has 0 aromatic heterocycles. The fourth-order valence-corrected chi connectivity index (χ4v) is 1.89. The summed E-state index contributed by atoms with van der Waals surface area (Å²) >= 11 is 0. The second kappa shape index (κ2) is 3.51. The number of nitrogens with zero attached hydrogens (tertiary/aromatic N) is 1. The predicted molar refractivity (Wildman–Crippen MR) is 54.0 cm³/mol. The van der Waals surface area contributed by atoms with Crippen molar-refractivity contribution in [3.63, 3.8) is 0 Å². The van der Waals surface area contributed by atoms with Gasteiger partial charge in [0.1, 0.15) is 0 Å². The maximum Gasteiger partial charge on any atom is 0.0171 e. The zero-order valence-electron chi connectivity index (χ0n) is 8.69. The van der Waals surface area contributed by atoms with Gasteiger partial charge in [-0.05, 0) is 12.8 Å². The molecule has 0 N–H and O–H groups in total. The molecule has 1 aliphatic rings. The molecular formula is C11H21N. The van der Waals surface area contributed by atoms with Crippen molar-refractivity contribution in [3.8, 4) is 0 Å². The van der Waals surface area contributed by atoms with Crippen LogP contribution in [0.1, 0.15) is 39.5 Å². The third-order valence-electron chi connectivity index (χ3n) is 3.04. The molecule has 1 nitrogen and oxygen atoms in total. The van der Waals surface area contributed by atoms with Crippen LogP contribution < -0.4 is 0 Å². The molecule has 0 spiro atoms. The molecule has 70 valence electrons. The van der Waals surface area contributed by atoms with Crippen molar-refractivity contribution in [1.29, 1.82) is 0 Å². The second-order valence-corrected chi connectivity index (χ2v) is 4.56. The highest BCUT2D eigenvalue weighted by Gasteiger charge is 2.25. The minimum Gasteiger partial charge on any atom is -0.378 e. The van der Waals surface area contributed by atoms with Gasteiger partial charge in [-0.1, -0.05) is 33.3 Å². The van der Waals surface area contributed by atoms with Crippen LogP contribution in [0.2, 0.25) is 0 Å². The highest BCUT2D eigenvalue weighted by atomic mass is 15.1. The van der Waals surface area contributed by atoms with E-state index in [1.807, 2.05) is 0 Å². The van der Waals surface area contributed by atoms with Crippen molar-refractivity contribution in [1.82, 2.24) is 4.90 Å². The Morgan fingerprint density at radius 1 is 1.25 bits per heavy atom. The smallest absolute Gasteiger partial charge is 0.0171 e. The summed E-state index contributed by atoms with van der Waals surface area (Å²) in [5, 5.41) is 0. The van der Waals surface area contributed by atoms with E-state index >= 15 is 0 Å². The van der Waals surface area contributed by atoms with Crippen molar-refractivity contribution in [2.75, 3.05) is 13.6 Å². The first-order valence-corrected chi connectivity index (χ1v) is 4.94. The van der Waals surface area contributed by atoms with Crippen LogP contribution in [-0.4, -0.2) is 18.5 Å². The van der Waals surface area contributed by atoms with Crippen LogP contribution in [0, 0.1) is 5.41 Å². The van der Waals surface area contributed by atoms with Crippen molar-refractivity contribution in [2.24, 2.45) is 5.41 Å². The maximum atomic E-state index is 4.18. The van der Waals surface area contributed by atoms with E-state index < -0.39 is 0 Å². The number of likely N-dealkylation sites (tertiary alicyclic amines) is 1. The maximum absolute atomic E-state index is 4.18. The molecular weight excluding hydrogens is 146 g/mol. The molecule has 0 amide bonds. The molecule has 0 bridgehead atoms. The Labute approximate surface area is 76.5 Å². The zero-order valence-corrected chi connectivity index (χ0v) is 8.69. The molecule has 1 saturated heterocycles. The van der Waals surface area contributed by atoms with Gasteiger partial charge in [0.15, 0.2) is 0 Å². The lowest BCUT2D eigenvalue weighted by molar-refractivity contribution is 0.246. The summed E-state index contributed by atoms with van der Waals surface area (Å²) in [5.74, 6) is 0. The van der Waals surface area contributed by atoms with E-state index in [1.54, 1.807) is 0 Å². The van der Waals surface area contributed by atoms with Gasteiger partial charge in [-0.15, -0.1) is 0 Å². The van der Waals surface area contributed by atoms with Crippen LogP contribution in [0.15, 0.2) is 12.3 Å². The van der Waals surface area contributed by atoms with Crippen molar-refractivity contribution < 1.29 is 0 Å². The van der Waals surface area contributed by atoms with Crippen LogP contribution in [0.25, 0.3) is 0 Å². The topological polar surface area (TPSA) is 3.24 Å². The molecule has 1 rings (SSSR count). The van der Waals surface area contributed by atoms with Crippen molar-refractivity contribution in [3.05, 3.63) is 12.3 Å². The Morgan fingerprint density at radius 3 is 2.58 bits per heavy atom. The first-order valence-electron chi connectivity index (χ1n) is 4.94. The van der Waals surface area contributed by atoms with E-state index in [0.29, 0.717) is 5.41 Å². The molecule has 1 fully saturated rings. The summed E-state index contributed by atoms with van der Waals surface area (Å²) in [6.45, 7) is 9.96. The molecule has 0 unspecified atom stereocenters. The Kier molecular flexibility index (Phi) is 2.81. The van der Waals surface area contributed by atoms with Crippen LogP contribution >= 0.6 is 0 Å². The number of hydrogen-bond donors (Lipinski definition) is 0. The Bertz CT molecular complexity index is 170. The minimum absolute atomic E-state index is 0.315. The van der Waals surface area contributed by atoms with E-state index in [4.69, 9.17) is 0 Å². The quantitative estimate of drug-likeness (QED) is 0.536. The van der Waals surface area contributed by atoms with Gasteiger partial charge in [-0.2, -0.15) is 0 Å². The summed E-state index contributed by atoms with van der Waals surface area (Å²) < 4.78 is 0. The van der Waals surface area contributed by atoms with E-state index in [9.17, 15) is 0 Å². The summed E-state index contributed by atoms with van der Waals surface area (Å²) in [4.78, 5) is 2.32. The third kappa shape index (κ3) is 2.02. The van der Waals surface area contributed by atoms with Crippen LogP contribution in [-0.2, 0) is 0 Å². The van der Waals surface area contributed by atoms with Gasteiger partial charge in [0.2, 0.25) is 0 Å². The van der Waals surface area contributed by atoms with Gasteiger partial charge in [0, 0.05) is 24.7 Å². The largest absolute Gasteiger partial charge is 0.378 e. The van der Waals surface area contributed by atoms with E-state index in [2.05, 4.69) is 32.4 Å². The molecule has 1 heterocycles. The number of rotatable bonds is 0. The van der Waals surface area contributed by atoms with Gasteiger partial charge in [-0.25, -0.2) is 0 Å². The molecule has 0 aromatic carbocycles. The second-order valence-electron chi connectivity index (χ2n) is 4.56. The van der Waals surface area contributed by atoms with E-state index in [-0.39, 0.29) is 0 Å². The predicted octanol–water partition coefficient (Wildman–Crippen LogP) is 3.03. The SMILES string of the molecule is C=C1N(C)CCCCCC1(C)C. The van der Waals surface area contributed by atoms with Crippen LogP contribution in [0.4, 0.5) is 0 Å². The third-order valence-corrected chi connectivity index (χ3v) is 3.04. The molecule has 1 heteroatoms. The van der Waals surface area contributed by atoms with Gasteiger partial charge in [-0.3, -0.25) is 0 Å². The van der Waals surface area contributed by atoms with E-state index in [0.717, 1.165) is 0 Å². The standard InChI is InChI=1S/C11H21N/c1-10-11(2,3)8-6-5-7-9-12(10)4/h1,5-9H2,2-4H3. The Morgan fingerprint density at radius 2 is 1.92 bits per heavy atom. The van der Waals surface area contributed by atoms with E-state index in [1.165, 1.54) is 37.9 Å². The van der Waals surface area contributed by atoms with Gasteiger partial charge in [0.05, 0.1) is 0 Å². The molecule has 12 heavy (non-hydrogen) atoms. The van der Waals surface area contributed by atoms with Crippen molar-refractivity contribution in [2.45, 2.75) is 39.5 Å². The highest BCUT2D eigenvalue weighted by molar-refractivity contribution is 5.05. The van der Waals surface area contributed by atoms with Gasteiger partial charge in [0.25, 0.3) is 0 Å². The molecule has 1 aliphatic heterocycles. The fraction of sp³-hybridized carbons (Fsp3) is 0.818. The average molecular weight is 167 g/mol. The van der Waals surface area contributed by atoms with Gasteiger partial charge < -0.3 is 4.90 Å². The minimum atomic E-state index is 0.315. The zero-order chi connectivity index (χ0) is 9.19. The lowest BCUT2D eigenvalue weighted by atomic mass is 9.82. The normalized spacial score (nSPS) is 24.9. The fourth-order valence-electron chi connectivity index (χ4n) is 1.89. The molecule has 0 radical (unpaired) electrons. The van der Waals surface area contributed by atoms with Gasteiger partial charge >= 0.3 is 0 Å². The monoisotopic (exact) mass is 167 g/mol. The lowest BCUT2D eigenvalue weighted by Gasteiger charge is -2.36. The van der Waals surface area contributed by atoms with Crippen LogP contribution in [0.5, 0.6) is 0 Å². The number of hydrogen-bond acceptors (Lipinski definition) is 1. The first kappa shape index (κ1) is 9.63. The first-order chi connectivity index (χ1) is 5.54.